The van der Waals surface area contributed by atoms with Crippen LogP contribution in [-0.2, 0) is 11.2 Å². The Morgan fingerprint density at radius 1 is 1.19 bits per heavy atom. The van der Waals surface area contributed by atoms with Gasteiger partial charge in [0, 0.05) is 22.7 Å². The first kappa shape index (κ1) is 18.4. The first-order valence-corrected chi connectivity index (χ1v) is 9.30. The van der Waals surface area contributed by atoms with Crippen molar-refractivity contribution in [2.75, 3.05) is 5.32 Å². The van der Waals surface area contributed by atoms with Crippen LogP contribution in [0.15, 0.2) is 65.3 Å². The van der Waals surface area contributed by atoms with Crippen molar-refractivity contribution in [3.05, 3.63) is 77.9 Å². The van der Waals surface area contributed by atoms with E-state index in [1.54, 1.807) is 24.4 Å². The second kappa shape index (κ2) is 7.35. The lowest BCUT2D eigenvalue weighted by atomic mass is 10.0. The van der Waals surface area contributed by atoms with Crippen LogP contribution in [0.25, 0.3) is 27.7 Å². The molecule has 0 fully saturated rings. The van der Waals surface area contributed by atoms with E-state index in [4.69, 9.17) is 4.52 Å². The van der Waals surface area contributed by atoms with Crippen LogP contribution in [0, 0.1) is 17.1 Å². The summed E-state index contributed by atoms with van der Waals surface area (Å²) in [7, 11) is 0. The average molecular weight is 412 g/mol. The van der Waals surface area contributed by atoms with E-state index in [1.807, 2.05) is 18.2 Å². The Kier molecular flexibility index (Phi) is 4.37. The van der Waals surface area contributed by atoms with Crippen LogP contribution in [0.2, 0.25) is 0 Å². The quantitative estimate of drug-likeness (QED) is 0.482. The van der Waals surface area contributed by atoms with Gasteiger partial charge in [0.15, 0.2) is 11.2 Å². The third-order valence-electron chi connectivity index (χ3n) is 4.78. The van der Waals surface area contributed by atoms with E-state index in [9.17, 15) is 14.4 Å². The summed E-state index contributed by atoms with van der Waals surface area (Å²) >= 11 is 0. The molecule has 0 aliphatic rings. The molecule has 0 atom stereocenters. The molecular formula is C22H13FN6O2. The van der Waals surface area contributed by atoms with E-state index >= 15 is 0 Å². The highest BCUT2D eigenvalue weighted by Gasteiger charge is 2.15. The molecule has 1 amide bonds. The molecule has 9 heteroatoms. The maximum absolute atomic E-state index is 13.7. The Balaban J connectivity index is 1.40. The lowest BCUT2D eigenvalue weighted by molar-refractivity contribution is -0.115. The van der Waals surface area contributed by atoms with Gasteiger partial charge in [0.1, 0.15) is 11.5 Å². The van der Waals surface area contributed by atoms with Crippen molar-refractivity contribution in [3.8, 4) is 17.2 Å². The number of rotatable bonds is 4. The monoisotopic (exact) mass is 412 g/mol. The van der Waals surface area contributed by atoms with Gasteiger partial charge >= 0.3 is 0 Å². The van der Waals surface area contributed by atoms with E-state index in [1.165, 1.54) is 22.7 Å². The van der Waals surface area contributed by atoms with Crippen LogP contribution in [0.3, 0.4) is 0 Å². The predicted molar refractivity (Wildman–Crippen MR) is 109 cm³/mol. The van der Waals surface area contributed by atoms with E-state index in [0.717, 1.165) is 5.39 Å². The highest BCUT2D eigenvalue weighted by molar-refractivity contribution is 5.93. The van der Waals surface area contributed by atoms with Crippen molar-refractivity contribution in [2.45, 2.75) is 6.42 Å². The lowest BCUT2D eigenvalue weighted by Crippen LogP contribution is -2.15. The highest BCUT2D eigenvalue weighted by atomic mass is 19.1. The maximum atomic E-state index is 13.7. The summed E-state index contributed by atoms with van der Waals surface area (Å²) < 4.78 is 20.4. The SMILES string of the molecule is N#Cc1ccc(F)cc1-c1ccc2nc(NC(=O)Cc3noc4ccccc34)nn2c1. The van der Waals surface area contributed by atoms with Gasteiger partial charge in [0.2, 0.25) is 11.9 Å². The summed E-state index contributed by atoms with van der Waals surface area (Å²) in [6.45, 7) is 0. The van der Waals surface area contributed by atoms with Crippen molar-refractivity contribution in [2.24, 2.45) is 0 Å². The molecule has 150 valence electrons. The molecule has 0 radical (unpaired) electrons. The number of para-hydroxylation sites is 1. The molecule has 1 N–H and O–H groups in total. The smallest absolute Gasteiger partial charge is 0.249 e. The van der Waals surface area contributed by atoms with E-state index < -0.39 is 5.82 Å². The summed E-state index contributed by atoms with van der Waals surface area (Å²) in [5.74, 6) is -0.664. The number of nitriles is 1. The van der Waals surface area contributed by atoms with E-state index in [-0.39, 0.29) is 18.3 Å². The third kappa shape index (κ3) is 3.47. The van der Waals surface area contributed by atoms with Gasteiger partial charge in [-0.1, -0.05) is 17.3 Å². The van der Waals surface area contributed by atoms with Gasteiger partial charge in [0.25, 0.3) is 0 Å². The lowest BCUT2D eigenvalue weighted by Gasteiger charge is -2.04. The molecule has 0 saturated heterocycles. The number of carbonyl (C=O) groups excluding carboxylic acids is 1. The number of carbonyl (C=O) groups is 1. The minimum Gasteiger partial charge on any atom is -0.356 e. The summed E-state index contributed by atoms with van der Waals surface area (Å²) in [6.07, 6.45) is 1.63. The van der Waals surface area contributed by atoms with Crippen LogP contribution in [0.5, 0.6) is 0 Å². The van der Waals surface area contributed by atoms with Gasteiger partial charge in [0.05, 0.1) is 18.1 Å². The standard InChI is InChI=1S/C22H13FN6O2/c23-15-7-5-13(11-24)17(9-15)14-6-8-20-25-22(27-29(20)12-14)26-21(30)10-18-16-3-1-2-4-19(16)31-28-18/h1-9,12H,10H2,(H,26,27,30). The number of pyridine rings is 1. The maximum Gasteiger partial charge on any atom is 0.249 e. The first-order chi connectivity index (χ1) is 15.1. The molecule has 3 heterocycles. The molecule has 0 saturated carbocycles. The normalized spacial score (nSPS) is 11.0. The van der Waals surface area contributed by atoms with Crippen molar-refractivity contribution < 1.29 is 13.7 Å². The number of anilines is 1. The Bertz CT molecular complexity index is 1500. The second-order valence-electron chi connectivity index (χ2n) is 6.81. The van der Waals surface area contributed by atoms with E-state index in [0.29, 0.717) is 33.6 Å². The number of halogens is 1. The minimum atomic E-state index is -0.444. The van der Waals surface area contributed by atoms with Crippen LogP contribution in [0.4, 0.5) is 10.3 Å². The fraction of sp³-hybridized carbons (Fsp3) is 0.0455. The van der Waals surface area contributed by atoms with Crippen molar-refractivity contribution in [1.82, 2.24) is 19.8 Å². The fourth-order valence-electron chi connectivity index (χ4n) is 3.33. The predicted octanol–water partition coefficient (Wildman–Crippen LogP) is 3.73. The molecule has 3 aromatic heterocycles. The van der Waals surface area contributed by atoms with Crippen LogP contribution < -0.4 is 5.32 Å². The van der Waals surface area contributed by atoms with E-state index in [2.05, 4.69) is 26.6 Å². The van der Waals surface area contributed by atoms with Gasteiger partial charge < -0.3 is 4.52 Å². The van der Waals surface area contributed by atoms with Gasteiger partial charge in [-0.15, -0.1) is 5.10 Å². The van der Waals surface area contributed by atoms with Crippen molar-refractivity contribution in [3.63, 3.8) is 0 Å². The summed E-state index contributed by atoms with van der Waals surface area (Å²) in [4.78, 5) is 16.7. The molecule has 0 unspecified atom stereocenters. The third-order valence-corrected chi connectivity index (χ3v) is 4.78. The summed E-state index contributed by atoms with van der Waals surface area (Å²) in [5, 5.41) is 20.9. The largest absolute Gasteiger partial charge is 0.356 e. The first-order valence-electron chi connectivity index (χ1n) is 9.30. The molecule has 0 bridgehead atoms. The average Bonchev–Trinajstić information content (AvgIpc) is 3.36. The number of nitrogens with zero attached hydrogens (tertiary/aromatic N) is 5. The second-order valence-corrected chi connectivity index (χ2v) is 6.81. The Morgan fingerprint density at radius 3 is 2.94 bits per heavy atom. The molecule has 0 aliphatic carbocycles. The van der Waals surface area contributed by atoms with Crippen molar-refractivity contribution in [1.29, 1.82) is 5.26 Å². The molecule has 8 nitrogen and oxygen atoms in total. The Morgan fingerprint density at radius 2 is 2.06 bits per heavy atom. The zero-order chi connectivity index (χ0) is 21.4. The minimum absolute atomic E-state index is 0.00658. The number of aromatic nitrogens is 4. The molecule has 0 spiro atoms. The van der Waals surface area contributed by atoms with Crippen LogP contribution >= 0.6 is 0 Å². The van der Waals surface area contributed by atoms with Gasteiger partial charge in [-0.2, -0.15) is 10.2 Å². The summed E-state index contributed by atoms with van der Waals surface area (Å²) in [5.41, 5.74) is 3.01. The van der Waals surface area contributed by atoms with Gasteiger partial charge in [-0.25, -0.2) is 8.91 Å². The van der Waals surface area contributed by atoms with Gasteiger partial charge in [-0.3, -0.25) is 10.1 Å². The molecule has 5 rings (SSSR count). The number of nitrogens with one attached hydrogen (secondary N) is 1. The molecule has 2 aromatic carbocycles. The molecule has 0 aliphatic heterocycles. The zero-order valence-electron chi connectivity index (χ0n) is 15.9. The van der Waals surface area contributed by atoms with Gasteiger partial charge in [-0.05, 0) is 42.5 Å². The Labute approximate surface area is 174 Å². The number of fused-ring (bicyclic) bond motifs is 2. The molecule has 31 heavy (non-hydrogen) atoms. The number of benzene rings is 2. The Hall–Kier alpha value is -4.58. The topological polar surface area (TPSA) is 109 Å². The fourth-order valence-corrected chi connectivity index (χ4v) is 3.33. The van der Waals surface area contributed by atoms with Crippen molar-refractivity contribution >= 4 is 28.5 Å². The summed E-state index contributed by atoms with van der Waals surface area (Å²) in [6, 6.07) is 16.7. The zero-order valence-corrected chi connectivity index (χ0v) is 15.9. The van der Waals surface area contributed by atoms with Crippen LogP contribution in [-0.4, -0.2) is 25.7 Å². The number of amides is 1. The molecule has 5 aromatic rings. The highest BCUT2D eigenvalue weighted by Crippen LogP contribution is 2.25. The number of hydrogen-bond donors (Lipinski definition) is 1. The number of hydrogen-bond acceptors (Lipinski definition) is 6. The van der Waals surface area contributed by atoms with Crippen LogP contribution in [0.1, 0.15) is 11.3 Å². The molecular weight excluding hydrogens is 399 g/mol.